The molecule has 0 bridgehead atoms. The molecule has 1 fully saturated rings. The Morgan fingerprint density at radius 2 is 1.89 bits per heavy atom. The maximum absolute atomic E-state index is 13.6. The first kappa shape index (κ1) is 24.3. The van der Waals surface area contributed by atoms with E-state index in [0.29, 0.717) is 39.8 Å². The lowest BCUT2D eigenvalue weighted by Gasteiger charge is -2.26. The zero-order valence-corrected chi connectivity index (χ0v) is 21.3. The highest BCUT2D eigenvalue weighted by Gasteiger charge is 2.20. The molecule has 10 heteroatoms. The van der Waals surface area contributed by atoms with E-state index in [9.17, 15) is 14.0 Å². The number of fused-ring (bicyclic) bond motifs is 1. The zero-order valence-electron chi connectivity index (χ0n) is 20.5. The van der Waals surface area contributed by atoms with Gasteiger partial charge in [-0.2, -0.15) is 5.10 Å². The molecule has 1 saturated heterocycles. The van der Waals surface area contributed by atoms with Gasteiger partial charge in [0.1, 0.15) is 11.5 Å². The Labute approximate surface area is 212 Å². The minimum absolute atomic E-state index is 0.104. The summed E-state index contributed by atoms with van der Waals surface area (Å²) in [5, 5.41) is 9.44. The maximum Gasteiger partial charge on any atom is 0.268 e. The maximum atomic E-state index is 13.6. The van der Waals surface area contributed by atoms with Gasteiger partial charge in [-0.05, 0) is 70.1 Å². The van der Waals surface area contributed by atoms with Crippen molar-refractivity contribution in [2.24, 2.45) is 0 Å². The lowest BCUT2D eigenvalue weighted by molar-refractivity contribution is -0.120. The van der Waals surface area contributed by atoms with Crippen molar-refractivity contribution in [3.05, 3.63) is 69.0 Å². The van der Waals surface area contributed by atoms with E-state index < -0.39 is 0 Å². The van der Waals surface area contributed by atoms with Gasteiger partial charge in [0.15, 0.2) is 4.96 Å². The lowest BCUT2D eigenvalue weighted by atomic mass is 10.1. The number of piperidine rings is 1. The van der Waals surface area contributed by atoms with Crippen LogP contribution < -0.4 is 10.9 Å². The van der Waals surface area contributed by atoms with Crippen LogP contribution in [-0.4, -0.2) is 56.2 Å². The van der Waals surface area contributed by atoms with Gasteiger partial charge in [-0.1, -0.05) is 6.42 Å². The third-order valence-electron chi connectivity index (χ3n) is 6.58. The van der Waals surface area contributed by atoms with Crippen LogP contribution in [0.15, 0.2) is 40.5 Å². The Kier molecular flexibility index (Phi) is 6.97. The number of nitrogens with zero attached hydrogens (tertiary/aromatic N) is 5. The van der Waals surface area contributed by atoms with Crippen molar-refractivity contribution in [3.8, 4) is 16.9 Å². The average molecular weight is 509 g/mol. The highest BCUT2D eigenvalue weighted by molar-refractivity contribution is 7.15. The molecule has 36 heavy (non-hydrogen) atoms. The van der Waals surface area contributed by atoms with Crippen LogP contribution in [0.25, 0.3) is 21.9 Å². The molecule has 0 spiro atoms. The Balaban J connectivity index is 1.39. The molecule has 1 N–H and O–H groups in total. The van der Waals surface area contributed by atoms with E-state index in [0.717, 1.165) is 25.3 Å². The molecular weight excluding hydrogens is 479 g/mol. The van der Waals surface area contributed by atoms with E-state index >= 15 is 0 Å². The number of aromatic nitrogens is 4. The van der Waals surface area contributed by atoms with Crippen LogP contribution in [0.5, 0.6) is 0 Å². The Hall–Kier alpha value is -3.37. The van der Waals surface area contributed by atoms with E-state index in [1.807, 2.05) is 18.4 Å². The van der Waals surface area contributed by atoms with Crippen LogP contribution >= 0.6 is 11.3 Å². The molecule has 0 unspecified atom stereocenters. The highest BCUT2D eigenvalue weighted by atomic mass is 32.1. The van der Waals surface area contributed by atoms with Crippen molar-refractivity contribution in [3.63, 3.8) is 0 Å². The minimum Gasteiger partial charge on any atom is -0.354 e. The summed E-state index contributed by atoms with van der Waals surface area (Å²) in [6, 6.07) is 7.85. The Morgan fingerprint density at radius 1 is 1.14 bits per heavy atom. The SMILES string of the molecule is Cc1nc2scc(CC(=O)NCCN3CCCCC3)n2c(=O)c1-c1cc(C)n(-c2ccc(F)cc2)n1. The molecule has 1 aliphatic rings. The molecule has 1 aliphatic heterocycles. The van der Waals surface area contributed by atoms with Gasteiger partial charge in [-0.25, -0.2) is 14.1 Å². The highest BCUT2D eigenvalue weighted by Crippen LogP contribution is 2.23. The first-order valence-electron chi connectivity index (χ1n) is 12.2. The lowest BCUT2D eigenvalue weighted by Crippen LogP contribution is -2.38. The monoisotopic (exact) mass is 508 g/mol. The molecular formula is C26H29FN6O2S. The fourth-order valence-electron chi connectivity index (χ4n) is 4.73. The standard InChI is InChI=1S/C26H29FN6O2S/c1-17-14-22(30-33(17)20-8-6-19(27)7-9-20)24-18(2)29-26-32(25(24)35)21(16-36-26)15-23(34)28-10-13-31-11-4-3-5-12-31/h6-9,14,16H,3-5,10-13,15H2,1-2H3,(H,28,34). The number of aryl methyl sites for hydroxylation is 2. The van der Waals surface area contributed by atoms with Crippen LogP contribution in [0, 0.1) is 19.7 Å². The van der Waals surface area contributed by atoms with Crippen molar-refractivity contribution < 1.29 is 9.18 Å². The number of carbonyl (C=O) groups is 1. The molecule has 5 rings (SSSR count). The average Bonchev–Trinajstić information content (AvgIpc) is 3.43. The second kappa shape index (κ2) is 10.3. The number of thiazole rings is 1. The zero-order chi connectivity index (χ0) is 25.2. The molecule has 1 aromatic carbocycles. The summed E-state index contributed by atoms with van der Waals surface area (Å²) in [6.45, 7) is 7.28. The van der Waals surface area contributed by atoms with Crippen molar-refractivity contribution in [1.82, 2.24) is 29.4 Å². The summed E-state index contributed by atoms with van der Waals surface area (Å²) < 4.78 is 16.6. The first-order valence-corrected chi connectivity index (χ1v) is 13.1. The van der Waals surface area contributed by atoms with Gasteiger partial charge in [-0.3, -0.25) is 14.0 Å². The summed E-state index contributed by atoms with van der Waals surface area (Å²) >= 11 is 1.34. The summed E-state index contributed by atoms with van der Waals surface area (Å²) in [6.07, 6.45) is 3.82. The number of benzene rings is 1. The second-order valence-electron chi connectivity index (χ2n) is 9.21. The molecule has 0 aliphatic carbocycles. The number of nitrogens with one attached hydrogen (secondary N) is 1. The third kappa shape index (κ3) is 4.96. The predicted molar refractivity (Wildman–Crippen MR) is 138 cm³/mol. The van der Waals surface area contributed by atoms with Crippen molar-refractivity contribution >= 4 is 22.2 Å². The summed E-state index contributed by atoms with van der Waals surface area (Å²) in [5.74, 6) is -0.440. The Bertz CT molecular complexity index is 1450. The largest absolute Gasteiger partial charge is 0.354 e. The van der Waals surface area contributed by atoms with Crippen LogP contribution in [0.2, 0.25) is 0 Å². The van der Waals surface area contributed by atoms with Crippen molar-refractivity contribution in [1.29, 1.82) is 0 Å². The van der Waals surface area contributed by atoms with Crippen LogP contribution in [0.3, 0.4) is 0 Å². The molecule has 0 atom stereocenters. The van der Waals surface area contributed by atoms with Crippen molar-refractivity contribution in [2.75, 3.05) is 26.2 Å². The molecule has 0 radical (unpaired) electrons. The summed E-state index contributed by atoms with van der Waals surface area (Å²) in [4.78, 5) is 33.8. The smallest absolute Gasteiger partial charge is 0.268 e. The van der Waals surface area contributed by atoms with Crippen molar-refractivity contribution in [2.45, 2.75) is 39.5 Å². The van der Waals surface area contributed by atoms with Gasteiger partial charge < -0.3 is 10.2 Å². The van der Waals surface area contributed by atoms with E-state index in [4.69, 9.17) is 0 Å². The number of hydrogen-bond acceptors (Lipinski definition) is 6. The molecule has 4 heterocycles. The predicted octanol–water partition coefficient (Wildman–Crippen LogP) is 3.51. The quantitative estimate of drug-likeness (QED) is 0.413. The summed E-state index contributed by atoms with van der Waals surface area (Å²) in [5.41, 5.74) is 3.31. The first-order chi connectivity index (χ1) is 17.4. The number of likely N-dealkylation sites (tertiary alicyclic amines) is 1. The van der Waals surface area contributed by atoms with Crippen LogP contribution in [-0.2, 0) is 11.2 Å². The van der Waals surface area contributed by atoms with Gasteiger partial charge >= 0.3 is 0 Å². The van der Waals surface area contributed by atoms with E-state index in [-0.39, 0.29) is 23.7 Å². The Morgan fingerprint density at radius 3 is 2.64 bits per heavy atom. The van der Waals surface area contributed by atoms with Gasteiger partial charge in [-0.15, -0.1) is 11.3 Å². The van der Waals surface area contributed by atoms with E-state index in [1.165, 1.54) is 47.1 Å². The molecule has 4 aromatic rings. The number of rotatable bonds is 7. The normalized spacial score (nSPS) is 14.4. The summed E-state index contributed by atoms with van der Waals surface area (Å²) in [7, 11) is 0. The molecule has 8 nitrogen and oxygen atoms in total. The van der Waals surface area contributed by atoms with Gasteiger partial charge in [0.25, 0.3) is 5.56 Å². The van der Waals surface area contributed by atoms with Crippen LogP contribution in [0.4, 0.5) is 4.39 Å². The van der Waals surface area contributed by atoms with E-state index in [2.05, 4.69) is 20.3 Å². The van der Waals surface area contributed by atoms with Gasteiger partial charge in [0.2, 0.25) is 5.91 Å². The number of carbonyl (C=O) groups excluding carboxylic acids is 1. The number of amides is 1. The topological polar surface area (TPSA) is 84.5 Å². The fraction of sp³-hybridized carbons (Fsp3) is 0.385. The molecule has 0 saturated carbocycles. The molecule has 1 amide bonds. The third-order valence-corrected chi connectivity index (χ3v) is 7.45. The van der Waals surface area contributed by atoms with E-state index in [1.54, 1.807) is 23.7 Å². The number of halogens is 1. The number of hydrogen-bond donors (Lipinski definition) is 1. The van der Waals surface area contributed by atoms with Gasteiger partial charge in [0.05, 0.1) is 23.4 Å². The minimum atomic E-state index is -0.326. The second-order valence-corrected chi connectivity index (χ2v) is 10.0. The fourth-order valence-corrected chi connectivity index (χ4v) is 5.65. The van der Waals surface area contributed by atoms with Crippen LogP contribution in [0.1, 0.15) is 36.3 Å². The molecule has 3 aromatic heterocycles. The molecule has 188 valence electrons. The van der Waals surface area contributed by atoms with Gasteiger partial charge in [0, 0.05) is 29.9 Å².